The van der Waals surface area contributed by atoms with Gasteiger partial charge in [-0.15, -0.1) is 14.8 Å². The first-order valence-electron chi connectivity index (χ1n) is 6.07. The molecule has 9 heteroatoms. The molecule has 0 fully saturated rings. The van der Waals surface area contributed by atoms with E-state index in [9.17, 15) is 0 Å². The maximum atomic E-state index is 5.71. The number of aromatic nitrogens is 8. The summed E-state index contributed by atoms with van der Waals surface area (Å²) in [5, 5.41) is 19.2. The van der Waals surface area contributed by atoms with Crippen LogP contribution in [0.1, 0.15) is 0 Å². The van der Waals surface area contributed by atoms with Crippen molar-refractivity contribution in [3.8, 4) is 17.3 Å². The van der Waals surface area contributed by atoms with Gasteiger partial charge in [-0.25, -0.2) is 9.67 Å². The minimum atomic E-state index is 0.394. The number of hydrogen-bond donors (Lipinski definition) is 0. The van der Waals surface area contributed by atoms with Gasteiger partial charge in [-0.1, -0.05) is 6.07 Å². The predicted octanol–water partition coefficient (Wildman–Crippen LogP) is 0.892. The SMILES string of the molecule is c1cc(Oc2ccc3nnnn3n2)cc(-n2cncn2)c1. The molecule has 0 bridgehead atoms. The Bertz CT molecular complexity index is 885. The smallest absolute Gasteiger partial charge is 0.239 e. The lowest BCUT2D eigenvalue weighted by Crippen LogP contribution is -1.98. The first kappa shape index (κ1) is 11.5. The van der Waals surface area contributed by atoms with Gasteiger partial charge in [-0.2, -0.15) is 5.10 Å². The lowest BCUT2D eigenvalue weighted by atomic mass is 10.3. The summed E-state index contributed by atoms with van der Waals surface area (Å²) < 4.78 is 8.65. The van der Waals surface area contributed by atoms with Crippen LogP contribution in [0.25, 0.3) is 11.3 Å². The molecule has 4 rings (SSSR count). The van der Waals surface area contributed by atoms with E-state index in [0.717, 1.165) is 5.69 Å². The van der Waals surface area contributed by atoms with E-state index >= 15 is 0 Å². The van der Waals surface area contributed by atoms with Gasteiger partial charge in [0.1, 0.15) is 18.4 Å². The number of fused-ring (bicyclic) bond motifs is 1. The first-order chi connectivity index (χ1) is 10.4. The van der Waals surface area contributed by atoms with Crippen LogP contribution in [0.4, 0.5) is 0 Å². The van der Waals surface area contributed by atoms with Gasteiger partial charge in [0.25, 0.3) is 0 Å². The van der Waals surface area contributed by atoms with Crippen LogP contribution in [0.2, 0.25) is 0 Å². The van der Waals surface area contributed by atoms with Gasteiger partial charge in [-0.3, -0.25) is 0 Å². The van der Waals surface area contributed by atoms with Crippen molar-refractivity contribution in [2.75, 3.05) is 0 Å². The second-order valence-electron chi connectivity index (χ2n) is 4.14. The van der Waals surface area contributed by atoms with Crippen LogP contribution in [-0.4, -0.2) is 40.0 Å². The Morgan fingerprint density at radius 2 is 2.10 bits per heavy atom. The Labute approximate surface area is 117 Å². The molecule has 0 atom stereocenters. The van der Waals surface area contributed by atoms with E-state index in [1.807, 2.05) is 24.3 Å². The minimum Gasteiger partial charge on any atom is -0.437 e. The van der Waals surface area contributed by atoms with Gasteiger partial charge in [-0.05, 0) is 28.6 Å². The van der Waals surface area contributed by atoms with Crippen LogP contribution in [0, 0.1) is 0 Å². The third kappa shape index (κ3) is 2.16. The van der Waals surface area contributed by atoms with E-state index in [2.05, 4.69) is 30.7 Å². The Balaban J connectivity index is 1.66. The Morgan fingerprint density at radius 3 is 3.00 bits per heavy atom. The standard InChI is InChI=1S/C12H8N8O/c1-2-9(19-8-13-7-14-19)6-10(3-1)21-12-5-4-11-15-17-18-20(11)16-12/h1-8H. The van der Waals surface area contributed by atoms with E-state index in [4.69, 9.17) is 4.74 Å². The second-order valence-corrected chi connectivity index (χ2v) is 4.14. The largest absolute Gasteiger partial charge is 0.437 e. The van der Waals surface area contributed by atoms with Crippen molar-refractivity contribution >= 4 is 5.65 Å². The molecule has 0 spiro atoms. The predicted molar refractivity (Wildman–Crippen MR) is 70.0 cm³/mol. The lowest BCUT2D eigenvalue weighted by Gasteiger charge is -2.06. The molecule has 0 aliphatic heterocycles. The molecule has 4 aromatic rings. The molecule has 102 valence electrons. The molecule has 0 unspecified atom stereocenters. The van der Waals surface area contributed by atoms with Crippen molar-refractivity contribution in [2.24, 2.45) is 0 Å². The summed E-state index contributed by atoms with van der Waals surface area (Å²) in [5.41, 5.74) is 1.40. The van der Waals surface area contributed by atoms with Crippen LogP contribution >= 0.6 is 0 Å². The Kier molecular flexibility index (Phi) is 2.53. The van der Waals surface area contributed by atoms with Crippen molar-refractivity contribution in [3.63, 3.8) is 0 Å². The molecular weight excluding hydrogens is 272 g/mol. The van der Waals surface area contributed by atoms with Gasteiger partial charge < -0.3 is 4.74 Å². The van der Waals surface area contributed by atoms with Crippen LogP contribution in [-0.2, 0) is 0 Å². The average molecular weight is 280 g/mol. The van der Waals surface area contributed by atoms with Gasteiger partial charge in [0.05, 0.1) is 5.69 Å². The molecule has 0 radical (unpaired) electrons. The quantitative estimate of drug-likeness (QED) is 0.550. The van der Waals surface area contributed by atoms with Gasteiger partial charge in [0.15, 0.2) is 5.65 Å². The number of tetrazole rings is 1. The van der Waals surface area contributed by atoms with E-state index < -0.39 is 0 Å². The molecule has 0 saturated heterocycles. The molecule has 0 aliphatic rings. The highest BCUT2D eigenvalue weighted by Gasteiger charge is 2.04. The van der Waals surface area contributed by atoms with Crippen molar-refractivity contribution in [1.82, 2.24) is 40.0 Å². The zero-order valence-corrected chi connectivity index (χ0v) is 10.6. The fourth-order valence-corrected chi connectivity index (χ4v) is 1.84. The lowest BCUT2D eigenvalue weighted by molar-refractivity contribution is 0.446. The average Bonchev–Trinajstić information content (AvgIpc) is 3.18. The second kappa shape index (κ2) is 4.63. The Morgan fingerprint density at radius 1 is 1.10 bits per heavy atom. The van der Waals surface area contributed by atoms with E-state index in [0.29, 0.717) is 17.3 Å². The number of nitrogens with zero attached hydrogens (tertiary/aromatic N) is 8. The summed E-state index contributed by atoms with van der Waals surface area (Å²) >= 11 is 0. The summed E-state index contributed by atoms with van der Waals surface area (Å²) in [4.78, 5) is 3.91. The summed E-state index contributed by atoms with van der Waals surface area (Å²) in [6, 6.07) is 10.9. The molecule has 0 amide bonds. The third-order valence-corrected chi connectivity index (χ3v) is 2.77. The van der Waals surface area contributed by atoms with Crippen LogP contribution in [0.3, 0.4) is 0 Å². The van der Waals surface area contributed by atoms with E-state index in [1.165, 1.54) is 11.0 Å². The Hall–Kier alpha value is -3.36. The highest BCUT2D eigenvalue weighted by atomic mass is 16.5. The summed E-state index contributed by atoms with van der Waals surface area (Å²) in [6.07, 6.45) is 3.09. The van der Waals surface area contributed by atoms with Crippen molar-refractivity contribution in [3.05, 3.63) is 49.1 Å². The molecule has 3 heterocycles. The molecule has 0 saturated carbocycles. The van der Waals surface area contributed by atoms with Crippen LogP contribution in [0.5, 0.6) is 11.6 Å². The molecule has 3 aromatic heterocycles. The molecule has 1 aromatic carbocycles. The number of rotatable bonds is 3. The zero-order chi connectivity index (χ0) is 14.1. The van der Waals surface area contributed by atoms with Crippen molar-refractivity contribution in [2.45, 2.75) is 0 Å². The highest BCUT2D eigenvalue weighted by molar-refractivity contribution is 5.40. The van der Waals surface area contributed by atoms with E-state index in [-0.39, 0.29) is 0 Å². The maximum absolute atomic E-state index is 5.71. The zero-order valence-electron chi connectivity index (χ0n) is 10.6. The fraction of sp³-hybridized carbons (Fsp3) is 0. The monoisotopic (exact) mass is 280 g/mol. The summed E-state index contributed by atoms with van der Waals surface area (Å²) in [5.74, 6) is 1.02. The van der Waals surface area contributed by atoms with E-state index in [1.54, 1.807) is 23.1 Å². The van der Waals surface area contributed by atoms with Crippen molar-refractivity contribution < 1.29 is 4.74 Å². The summed E-state index contributed by atoms with van der Waals surface area (Å²) in [6.45, 7) is 0. The minimum absolute atomic E-state index is 0.394. The van der Waals surface area contributed by atoms with Gasteiger partial charge >= 0.3 is 0 Å². The summed E-state index contributed by atoms with van der Waals surface area (Å²) in [7, 11) is 0. The number of benzene rings is 1. The van der Waals surface area contributed by atoms with Crippen molar-refractivity contribution in [1.29, 1.82) is 0 Å². The normalized spacial score (nSPS) is 10.9. The molecule has 0 aliphatic carbocycles. The topological polar surface area (TPSA) is 95.9 Å². The van der Waals surface area contributed by atoms with Gasteiger partial charge in [0.2, 0.25) is 5.88 Å². The molecule has 0 N–H and O–H groups in total. The third-order valence-electron chi connectivity index (χ3n) is 2.77. The maximum Gasteiger partial charge on any atom is 0.239 e. The van der Waals surface area contributed by atoms with Gasteiger partial charge in [0, 0.05) is 12.1 Å². The molecule has 9 nitrogen and oxygen atoms in total. The fourth-order valence-electron chi connectivity index (χ4n) is 1.84. The number of ether oxygens (including phenoxy) is 1. The first-order valence-corrected chi connectivity index (χ1v) is 6.07. The molecular formula is C12H8N8O. The number of hydrogen-bond acceptors (Lipinski definition) is 7. The van der Waals surface area contributed by atoms with Crippen LogP contribution < -0.4 is 4.74 Å². The molecule has 21 heavy (non-hydrogen) atoms. The van der Waals surface area contributed by atoms with Crippen LogP contribution in [0.15, 0.2) is 49.1 Å². The highest BCUT2D eigenvalue weighted by Crippen LogP contribution is 2.21.